The topological polar surface area (TPSA) is 53.9 Å². The van der Waals surface area contributed by atoms with Gasteiger partial charge in [0.1, 0.15) is 11.5 Å². The van der Waals surface area contributed by atoms with Crippen LogP contribution in [0.2, 0.25) is 0 Å². The van der Waals surface area contributed by atoms with Crippen molar-refractivity contribution in [3.8, 4) is 11.5 Å². The number of H-pyrrole nitrogens is 1. The van der Waals surface area contributed by atoms with E-state index in [9.17, 15) is 0 Å². The monoisotopic (exact) mass is 379 g/mol. The van der Waals surface area contributed by atoms with Crippen LogP contribution in [0.3, 0.4) is 0 Å². The van der Waals surface area contributed by atoms with Gasteiger partial charge in [-0.25, -0.2) is 0 Å². The molecule has 3 aromatic rings. The van der Waals surface area contributed by atoms with Crippen LogP contribution in [0.15, 0.2) is 47.0 Å². The number of nitrogens with zero attached hydrogens (tertiary/aromatic N) is 1. The van der Waals surface area contributed by atoms with E-state index in [2.05, 4.69) is 62.4 Å². The Morgan fingerprint density at radius 3 is 2.70 bits per heavy atom. The molecule has 2 heterocycles. The Hall–Kier alpha value is -1.76. The predicted octanol–water partition coefficient (Wildman–Crippen LogP) is 4.19. The maximum Gasteiger partial charge on any atom is 0.152 e. The lowest BCUT2D eigenvalue weighted by Gasteiger charge is -2.06. The first-order valence-electron chi connectivity index (χ1n) is 6.31. The molecule has 0 unspecified atom stereocenters. The fraction of sp³-hybridized carbons (Fsp3) is 0.133. The van der Waals surface area contributed by atoms with Gasteiger partial charge in [0.2, 0.25) is 0 Å². The van der Waals surface area contributed by atoms with Crippen LogP contribution in [-0.4, -0.2) is 10.2 Å². The average Bonchev–Trinajstić information content (AvgIpc) is 3.06. The zero-order valence-electron chi connectivity index (χ0n) is 11.0. The molecule has 0 fully saturated rings. The van der Waals surface area contributed by atoms with Crippen molar-refractivity contribution in [1.29, 1.82) is 0 Å². The maximum atomic E-state index is 5.64. The lowest BCUT2D eigenvalue weighted by atomic mass is 10.2. The van der Waals surface area contributed by atoms with Crippen molar-refractivity contribution in [2.45, 2.75) is 13.5 Å². The van der Waals surface area contributed by atoms with Gasteiger partial charge >= 0.3 is 0 Å². The van der Waals surface area contributed by atoms with Crippen molar-refractivity contribution in [3.63, 3.8) is 0 Å². The van der Waals surface area contributed by atoms with Crippen molar-refractivity contribution in [2.24, 2.45) is 0 Å². The minimum Gasteiger partial charge on any atom is -0.460 e. The molecule has 0 radical (unpaired) electrons. The van der Waals surface area contributed by atoms with Crippen molar-refractivity contribution < 1.29 is 4.42 Å². The number of nitrogens with one attached hydrogen (secondary N) is 2. The molecule has 0 spiro atoms. The zero-order chi connectivity index (χ0) is 13.9. The van der Waals surface area contributed by atoms with E-state index in [0.717, 1.165) is 28.5 Å². The van der Waals surface area contributed by atoms with Crippen LogP contribution in [0.4, 0.5) is 5.69 Å². The molecule has 0 amide bonds. The highest BCUT2D eigenvalue weighted by Crippen LogP contribution is 2.24. The highest BCUT2D eigenvalue weighted by atomic mass is 127. The number of hydrogen-bond donors (Lipinski definition) is 2. The van der Waals surface area contributed by atoms with Gasteiger partial charge in [0, 0.05) is 21.4 Å². The summed E-state index contributed by atoms with van der Waals surface area (Å²) in [5.41, 5.74) is 3.10. The Kier molecular flexibility index (Phi) is 3.77. The molecule has 1 aromatic carbocycles. The van der Waals surface area contributed by atoms with E-state index >= 15 is 0 Å². The first-order chi connectivity index (χ1) is 9.72. The second-order valence-electron chi connectivity index (χ2n) is 4.54. The van der Waals surface area contributed by atoms with Crippen LogP contribution >= 0.6 is 22.6 Å². The van der Waals surface area contributed by atoms with Gasteiger partial charge in [-0.15, -0.1) is 0 Å². The van der Waals surface area contributed by atoms with E-state index in [4.69, 9.17) is 4.42 Å². The Balaban J connectivity index is 1.75. The summed E-state index contributed by atoms with van der Waals surface area (Å²) in [6, 6.07) is 12.2. The molecular weight excluding hydrogens is 365 g/mol. The highest BCUT2D eigenvalue weighted by Gasteiger charge is 2.10. The number of furan rings is 1. The fourth-order valence-electron chi connectivity index (χ4n) is 1.99. The van der Waals surface area contributed by atoms with Crippen LogP contribution in [0.25, 0.3) is 11.5 Å². The fourth-order valence-corrected chi connectivity index (χ4v) is 2.35. The molecule has 5 heteroatoms. The van der Waals surface area contributed by atoms with Crippen molar-refractivity contribution in [3.05, 3.63) is 57.5 Å². The molecule has 4 nitrogen and oxygen atoms in total. The van der Waals surface area contributed by atoms with Crippen LogP contribution in [0.5, 0.6) is 0 Å². The van der Waals surface area contributed by atoms with E-state index in [-0.39, 0.29) is 0 Å². The second-order valence-corrected chi connectivity index (χ2v) is 5.79. The molecule has 0 saturated heterocycles. The summed E-state index contributed by atoms with van der Waals surface area (Å²) in [5.74, 6) is 1.71. The number of hydrogen-bond acceptors (Lipinski definition) is 3. The average molecular weight is 379 g/mol. The van der Waals surface area contributed by atoms with Gasteiger partial charge in [-0.1, -0.05) is 0 Å². The van der Waals surface area contributed by atoms with E-state index in [1.54, 1.807) is 0 Å². The largest absolute Gasteiger partial charge is 0.460 e. The normalized spacial score (nSPS) is 10.7. The summed E-state index contributed by atoms with van der Waals surface area (Å²) in [5, 5.41) is 10.5. The minimum atomic E-state index is 0.701. The lowest BCUT2D eigenvalue weighted by Crippen LogP contribution is -1.99. The summed E-state index contributed by atoms with van der Waals surface area (Å²) in [7, 11) is 0. The van der Waals surface area contributed by atoms with Gasteiger partial charge < -0.3 is 9.73 Å². The minimum absolute atomic E-state index is 0.701. The number of anilines is 1. The summed E-state index contributed by atoms with van der Waals surface area (Å²) in [4.78, 5) is 0. The van der Waals surface area contributed by atoms with E-state index in [0.29, 0.717) is 6.54 Å². The van der Waals surface area contributed by atoms with Crippen molar-refractivity contribution >= 4 is 28.3 Å². The predicted molar refractivity (Wildman–Crippen MR) is 87.5 cm³/mol. The van der Waals surface area contributed by atoms with Gasteiger partial charge in [-0.2, -0.15) is 5.10 Å². The van der Waals surface area contributed by atoms with Gasteiger partial charge in [0.25, 0.3) is 0 Å². The third-order valence-electron chi connectivity index (χ3n) is 3.03. The SMILES string of the molecule is Cc1ccc(-c2[nH]ncc2CNc2ccc(I)cc2)o1. The van der Waals surface area contributed by atoms with E-state index in [1.165, 1.54) is 3.57 Å². The molecule has 3 rings (SSSR count). The Morgan fingerprint density at radius 2 is 2.00 bits per heavy atom. The molecule has 2 aromatic heterocycles. The maximum absolute atomic E-state index is 5.64. The van der Waals surface area contributed by atoms with Crippen molar-refractivity contribution in [1.82, 2.24) is 10.2 Å². The van der Waals surface area contributed by atoms with E-state index in [1.807, 2.05) is 25.3 Å². The molecule has 0 aliphatic rings. The number of aromatic nitrogens is 2. The van der Waals surface area contributed by atoms with Crippen LogP contribution in [-0.2, 0) is 6.54 Å². The van der Waals surface area contributed by atoms with Crippen LogP contribution in [0, 0.1) is 10.5 Å². The first-order valence-corrected chi connectivity index (χ1v) is 7.39. The van der Waals surface area contributed by atoms with Gasteiger partial charge in [0.05, 0.1) is 6.20 Å². The van der Waals surface area contributed by atoms with Crippen LogP contribution < -0.4 is 5.32 Å². The zero-order valence-corrected chi connectivity index (χ0v) is 13.1. The highest BCUT2D eigenvalue weighted by molar-refractivity contribution is 14.1. The van der Waals surface area contributed by atoms with Gasteiger partial charge in [-0.3, -0.25) is 5.10 Å². The second kappa shape index (κ2) is 5.70. The summed E-state index contributed by atoms with van der Waals surface area (Å²) in [6.07, 6.45) is 1.83. The third kappa shape index (κ3) is 2.87. The number of rotatable bonds is 4. The molecule has 20 heavy (non-hydrogen) atoms. The molecular formula is C15H14IN3O. The molecule has 2 N–H and O–H groups in total. The third-order valence-corrected chi connectivity index (χ3v) is 3.75. The summed E-state index contributed by atoms with van der Waals surface area (Å²) >= 11 is 2.30. The quantitative estimate of drug-likeness (QED) is 0.669. The molecule has 0 saturated carbocycles. The van der Waals surface area contributed by atoms with Gasteiger partial charge in [0.15, 0.2) is 5.76 Å². The number of aryl methyl sites for hydroxylation is 1. The molecule has 0 aliphatic heterocycles. The summed E-state index contributed by atoms with van der Waals surface area (Å²) < 4.78 is 6.86. The van der Waals surface area contributed by atoms with Crippen LogP contribution in [0.1, 0.15) is 11.3 Å². The summed E-state index contributed by atoms with van der Waals surface area (Å²) in [6.45, 7) is 2.63. The Bertz CT molecular complexity index is 700. The number of halogens is 1. The molecule has 0 aliphatic carbocycles. The smallest absolute Gasteiger partial charge is 0.152 e. The number of aromatic amines is 1. The Labute approximate surface area is 130 Å². The standard InChI is InChI=1S/C15H14IN3O/c1-10-2-7-14(20-10)15-11(9-18-19-15)8-17-13-5-3-12(16)4-6-13/h2-7,9,17H,8H2,1H3,(H,18,19). The number of benzene rings is 1. The Morgan fingerprint density at radius 1 is 1.20 bits per heavy atom. The van der Waals surface area contributed by atoms with Crippen molar-refractivity contribution in [2.75, 3.05) is 5.32 Å². The van der Waals surface area contributed by atoms with E-state index < -0.39 is 0 Å². The molecule has 0 atom stereocenters. The van der Waals surface area contributed by atoms with Gasteiger partial charge in [-0.05, 0) is 65.9 Å². The molecule has 102 valence electrons. The first kappa shape index (κ1) is 13.2. The lowest BCUT2D eigenvalue weighted by molar-refractivity contribution is 0.545. The molecule has 0 bridgehead atoms.